The van der Waals surface area contributed by atoms with E-state index in [9.17, 15) is 14.4 Å². The van der Waals surface area contributed by atoms with Crippen LogP contribution in [0.15, 0.2) is 0 Å². The van der Waals surface area contributed by atoms with Gasteiger partial charge in [0.05, 0.1) is 6.04 Å². The molecule has 0 saturated heterocycles. The second-order valence-corrected chi connectivity index (χ2v) is 5.71. The van der Waals surface area contributed by atoms with Crippen molar-refractivity contribution in [2.75, 3.05) is 0 Å². The van der Waals surface area contributed by atoms with Crippen LogP contribution in [0.5, 0.6) is 0 Å². The molecule has 21 heavy (non-hydrogen) atoms. The maximum atomic E-state index is 12.1. The molecule has 0 aromatic carbocycles. The first kappa shape index (κ1) is 19.4. The van der Waals surface area contributed by atoms with Crippen molar-refractivity contribution < 1.29 is 19.5 Å². The van der Waals surface area contributed by atoms with E-state index in [4.69, 9.17) is 10.8 Å². The molecule has 2 amide bonds. The Morgan fingerprint density at radius 3 is 1.95 bits per heavy atom. The smallest absolute Gasteiger partial charge is 0.325 e. The molecule has 0 radical (unpaired) electrons. The second kappa shape index (κ2) is 8.61. The zero-order chi connectivity index (χ0) is 16.7. The van der Waals surface area contributed by atoms with Gasteiger partial charge in [0, 0.05) is 0 Å². The Morgan fingerprint density at radius 2 is 1.57 bits per heavy atom. The molecule has 0 bridgehead atoms. The van der Waals surface area contributed by atoms with Gasteiger partial charge in [0.1, 0.15) is 12.1 Å². The number of aliphatic carboxylic acids is 1. The van der Waals surface area contributed by atoms with E-state index < -0.39 is 35.9 Å². The summed E-state index contributed by atoms with van der Waals surface area (Å²) in [6.07, 6.45) is 0.753. The van der Waals surface area contributed by atoms with Crippen molar-refractivity contribution in [3.05, 3.63) is 0 Å². The number of carbonyl (C=O) groups is 3. The van der Waals surface area contributed by atoms with Crippen LogP contribution in [-0.2, 0) is 14.4 Å². The lowest BCUT2D eigenvalue weighted by atomic mass is 9.97. The summed E-state index contributed by atoms with van der Waals surface area (Å²) in [5.74, 6) is -2.24. The van der Waals surface area contributed by atoms with Gasteiger partial charge in [-0.15, -0.1) is 0 Å². The lowest BCUT2D eigenvalue weighted by Gasteiger charge is -2.26. The van der Waals surface area contributed by atoms with E-state index in [1.807, 2.05) is 13.8 Å². The van der Waals surface area contributed by atoms with Crippen molar-refractivity contribution in [1.29, 1.82) is 0 Å². The SMILES string of the molecule is CC[C@H](C)[C@H](N)C(=O)N[C@H](C(=O)N[C@@H](C)C(=O)O)C(C)C. The van der Waals surface area contributed by atoms with Crippen LogP contribution >= 0.6 is 0 Å². The van der Waals surface area contributed by atoms with Crippen LogP contribution in [0, 0.1) is 11.8 Å². The zero-order valence-corrected chi connectivity index (χ0v) is 13.3. The van der Waals surface area contributed by atoms with Crippen molar-refractivity contribution in [3.8, 4) is 0 Å². The molecule has 5 N–H and O–H groups in total. The van der Waals surface area contributed by atoms with Gasteiger partial charge in [-0.3, -0.25) is 14.4 Å². The first-order valence-electron chi connectivity index (χ1n) is 7.20. The highest BCUT2D eigenvalue weighted by Crippen LogP contribution is 2.08. The molecule has 0 saturated carbocycles. The van der Waals surface area contributed by atoms with Crippen molar-refractivity contribution in [3.63, 3.8) is 0 Å². The summed E-state index contributed by atoms with van der Waals surface area (Å²) in [7, 11) is 0. The summed E-state index contributed by atoms with van der Waals surface area (Å²) in [5.41, 5.74) is 5.83. The van der Waals surface area contributed by atoms with Gasteiger partial charge in [0.15, 0.2) is 0 Å². The highest BCUT2D eigenvalue weighted by atomic mass is 16.4. The van der Waals surface area contributed by atoms with E-state index in [0.717, 1.165) is 6.42 Å². The van der Waals surface area contributed by atoms with E-state index in [0.29, 0.717) is 0 Å². The molecule has 0 aromatic rings. The lowest BCUT2D eigenvalue weighted by Crippen LogP contribution is -2.56. The predicted octanol–water partition coefficient (Wildman–Crippen LogP) is 0.0899. The average molecular weight is 301 g/mol. The van der Waals surface area contributed by atoms with Gasteiger partial charge in [-0.05, 0) is 18.8 Å². The molecule has 0 rings (SSSR count). The lowest BCUT2D eigenvalue weighted by molar-refractivity contribution is -0.142. The molecule has 0 aliphatic carbocycles. The van der Waals surface area contributed by atoms with Gasteiger partial charge >= 0.3 is 5.97 Å². The maximum Gasteiger partial charge on any atom is 0.325 e. The monoisotopic (exact) mass is 301 g/mol. The number of rotatable bonds is 8. The molecule has 0 unspecified atom stereocenters. The molecule has 0 spiro atoms. The van der Waals surface area contributed by atoms with E-state index >= 15 is 0 Å². The molecule has 0 aliphatic heterocycles. The summed E-state index contributed by atoms with van der Waals surface area (Å²) in [5, 5.41) is 13.8. The maximum absolute atomic E-state index is 12.1. The van der Waals surface area contributed by atoms with Crippen LogP contribution in [0.2, 0.25) is 0 Å². The third-order valence-electron chi connectivity index (χ3n) is 3.54. The van der Waals surface area contributed by atoms with Crippen molar-refractivity contribution in [2.45, 2.75) is 59.2 Å². The van der Waals surface area contributed by atoms with E-state index in [-0.39, 0.29) is 11.8 Å². The Kier molecular flexibility index (Phi) is 7.94. The van der Waals surface area contributed by atoms with E-state index in [1.165, 1.54) is 6.92 Å². The van der Waals surface area contributed by atoms with Crippen molar-refractivity contribution >= 4 is 17.8 Å². The average Bonchev–Trinajstić information content (AvgIpc) is 2.41. The van der Waals surface area contributed by atoms with Gasteiger partial charge in [-0.1, -0.05) is 34.1 Å². The summed E-state index contributed by atoms with van der Waals surface area (Å²) < 4.78 is 0. The number of carboxylic acid groups (broad SMARTS) is 1. The van der Waals surface area contributed by atoms with Gasteiger partial charge in [-0.25, -0.2) is 0 Å². The highest BCUT2D eigenvalue weighted by Gasteiger charge is 2.29. The van der Waals surface area contributed by atoms with E-state index in [1.54, 1.807) is 13.8 Å². The van der Waals surface area contributed by atoms with Gasteiger partial charge < -0.3 is 21.5 Å². The fraction of sp³-hybridized carbons (Fsp3) is 0.786. The van der Waals surface area contributed by atoms with Crippen LogP contribution in [0.25, 0.3) is 0 Å². The van der Waals surface area contributed by atoms with Gasteiger partial charge in [0.2, 0.25) is 11.8 Å². The number of carboxylic acids is 1. The minimum Gasteiger partial charge on any atom is -0.480 e. The molecule has 7 nitrogen and oxygen atoms in total. The van der Waals surface area contributed by atoms with Gasteiger partial charge in [-0.2, -0.15) is 0 Å². The van der Waals surface area contributed by atoms with Crippen LogP contribution in [0.1, 0.15) is 41.0 Å². The quantitative estimate of drug-likeness (QED) is 0.506. The number of hydrogen-bond acceptors (Lipinski definition) is 4. The molecule has 0 heterocycles. The number of amides is 2. The zero-order valence-electron chi connectivity index (χ0n) is 13.3. The molecular formula is C14H27N3O4. The topological polar surface area (TPSA) is 122 Å². The molecule has 7 heteroatoms. The number of nitrogens with two attached hydrogens (primary N) is 1. The summed E-state index contributed by atoms with van der Waals surface area (Å²) >= 11 is 0. The van der Waals surface area contributed by atoms with Gasteiger partial charge in [0.25, 0.3) is 0 Å². The van der Waals surface area contributed by atoms with Crippen LogP contribution in [-0.4, -0.2) is 41.0 Å². The minimum absolute atomic E-state index is 0.00110. The highest BCUT2D eigenvalue weighted by molar-refractivity contribution is 5.91. The predicted molar refractivity (Wildman–Crippen MR) is 79.4 cm³/mol. The Hall–Kier alpha value is -1.63. The van der Waals surface area contributed by atoms with Crippen molar-refractivity contribution in [2.24, 2.45) is 17.6 Å². The van der Waals surface area contributed by atoms with Crippen LogP contribution in [0.3, 0.4) is 0 Å². The number of hydrogen-bond donors (Lipinski definition) is 4. The first-order chi connectivity index (χ1) is 9.61. The Balaban J connectivity index is 4.81. The number of nitrogens with one attached hydrogen (secondary N) is 2. The molecule has 0 aromatic heterocycles. The fourth-order valence-corrected chi connectivity index (χ4v) is 1.66. The molecule has 4 atom stereocenters. The standard InChI is InChI=1S/C14H27N3O4/c1-6-8(4)10(15)12(18)17-11(7(2)3)13(19)16-9(5)14(20)21/h7-11H,6,15H2,1-5H3,(H,16,19)(H,17,18)(H,20,21)/t8-,9-,10-,11-/m0/s1. The van der Waals surface area contributed by atoms with Crippen LogP contribution < -0.4 is 16.4 Å². The third-order valence-corrected chi connectivity index (χ3v) is 3.54. The molecule has 0 fully saturated rings. The Labute approximate surface area is 125 Å². The Morgan fingerprint density at radius 1 is 1.05 bits per heavy atom. The van der Waals surface area contributed by atoms with Crippen molar-refractivity contribution in [1.82, 2.24) is 10.6 Å². The summed E-state index contributed by atoms with van der Waals surface area (Å²) in [6.45, 7) is 8.69. The first-order valence-corrected chi connectivity index (χ1v) is 7.20. The Bertz CT molecular complexity index is 384. The fourth-order valence-electron chi connectivity index (χ4n) is 1.66. The van der Waals surface area contributed by atoms with E-state index in [2.05, 4.69) is 10.6 Å². The summed E-state index contributed by atoms with van der Waals surface area (Å²) in [6, 6.07) is -2.52. The molecule has 0 aliphatic rings. The second-order valence-electron chi connectivity index (χ2n) is 5.71. The molecule has 122 valence electrons. The third kappa shape index (κ3) is 6.12. The summed E-state index contributed by atoms with van der Waals surface area (Å²) in [4.78, 5) is 34.9. The normalized spacial score (nSPS) is 16.7. The minimum atomic E-state index is -1.13. The molecular weight excluding hydrogens is 274 g/mol. The largest absolute Gasteiger partial charge is 0.480 e. The van der Waals surface area contributed by atoms with Crippen LogP contribution in [0.4, 0.5) is 0 Å². The number of carbonyl (C=O) groups excluding carboxylic acids is 2.